The van der Waals surface area contributed by atoms with Crippen LogP contribution in [-0.2, 0) is 13.0 Å². The molecule has 0 saturated carbocycles. The number of benzene rings is 1. The Labute approximate surface area is 150 Å². The van der Waals surface area contributed by atoms with E-state index in [1.165, 1.54) is 17.0 Å². The summed E-state index contributed by atoms with van der Waals surface area (Å²) >= 11 is 0. The van der Waals surface area contributed by atoms with E-state index in [1.807, 2.05) is 30.3 Å². The highest BCUT2D eigenvalue weighted by molar-refractivity contribution is 6.07. The quantitative estimate of drug-likeness (QED) is 0.678. The number of ether oxygens (including phenoxy) is 1. The Hall–Kier alpha value is -3.28. The summed E-state index contributed by atoms with van der Waals surface area (Å²) < 4.78 is 19.1. The lowest BCUT2D eigenvalue weighted by atomic mass is 10.0. The number of hydrogen-bond acceptors (Lipinski definition) is 4. The monoisotopic (exact) mass is 349 g/mol. The molecule has 0 aliphatic carbocycles. The molecular weight excluding hydrogens is 333 g/mol. The van der Waals surface area contributed by atoms with E-state index in [-0.39, 0.29) is 5.91 Å². The van der Waals surface area contributed by atoms with Crippen LogP contribution in [0.5, 0.6) is 5.75 Å². The second-order valence-corrected chi connectivity index (χ2v) is 5.96. The standard InChI is InChI=1S/C20H16FN3O2/c21-18-7-4-8-19(23-18)24-10-9-17-16(20(24)25)11-15(12-22-17)26-13-14-5-2-1-3-6-14/h1-8,11-12H,9-10,13H2. The predicted molar refractivity (Wildman–Crippen MR) is 94.6 cm³/mol. The van der Waals surface area contributed by atoms with Gasteiger partial charge in [0.25, 0.3) is 5.91 Å². The molecule has 1 aliphatic rings. The number of pyridine rings is 2. The highest BCUT2D eigenvalue weighted by atomic mass is 19.1. The van der Waals surface area contributed by atoms with Crippen LogP contribution in [0.15, 0.2) is 60.8 Å². The molecule has 5 nitrogen and oxygen atoms in total. The van der Waals surface area contributed by atoms with E-state index < -0.39 is 5.95 Å². The first-order chi connectivity index (χ1) is 12.7. The zero-order chi connectivity index (χ0) is 17.9. The number of nitrogens with zero attached hydrogens (tertiary/aromatic N) is 3. The van der Waals surface area contributed by atoms with Gasteiger partial charge in [0, 0.05) is 13.0 Å². The molecule has 4 rings (SSSR count). The van der Waals surface area contributed by atoms with E-state index in [9.17, 15) is 9.18 Å². The summed E-state index contributed by atoms with van der Waals surface area (Å²) in [6, 6.07) is 15.9. The molecule has 0 spiro atoms. The van der Waals surface area contributed by atoms with Crippen LogP contribution in [0.2, 0.25) is 0 Å². The van der Waals surface area contributed by atoms with Gasteiger partial charge >= 0.3 is 0 Å². The molecule has 6 heteroatoms. The maximum atomic E-state index is 13.4. The fraction of sp³-hybridized carbons (Fsp3) is 0.150. The third kappa shape index (κ3) is 3.26. The molecule has 0 atom stereocenters. The summed E-state index contributed by atoms with van der Waals surface area (Å²) in [4.78, 5) is 22.5. The number of fused-ring (bicyclic) bond motifs is 1. The lowest BCUT2D eigenvalue weighted by molar-refractivity contribution is 0.0978. The van der Waals surface area contributed by atoms with Crippen LogP contribution in [0.3, 0.4) is 0 Å². The van der Waals surface area contributed by atoms with Crippen molar-refractivity contribution in [3.8, 4) is 5.75 Å². The van der Waals surface area contributed by atoms with E-state index in [0.717, 1.165) is 11.3 Å². The minimum Gasteiger partial charge on any atom is -0.487 e. The van der Waals surface area contributed by atoms with Crippen molar-refractivity contribution in [3.63, 3.8) is 0 Å². The number of carbonyl (C=O) groups is 1. The zero-order valence-corrected chi connectivity index (χ0v) is 13.9. The van der Waals surface area contributed by atoms with Gasteiger partial charge in [0.05, 0.1) is 17.5 Å². The summed E-state index contributed by atoms with van der Waals surface area (Å²) in [5, 5.41) is 0. The molecule has 0 N–H and O–H groups in total. The first-order valence-electron chi connectivity index (χ1n) is 8.31. The van der Waals surface area contributed by atoms with Gasteiger partial charge in [-0.1, -0.05) is 36.4 Å². The zero-order valence-electron chi connectivity index (χ0n) is 13.9. The van der Waals surface area contributed by atoms with Crippen LogP contribution in [-0.4, -0.2) is 22.4 Å². The second-order valence-electron chi connectivity index (χ2n) is 5.96. The third-order valence-electron chi connectivity index (χ3n) is 4.22. The molecule has 0 bridgehead atoms. The minimum atomic E-state index is -0.612. The SMILES string of the molecule is O=C1c2cc(OCc3ccccc3)cnc2CCN1c1cccc(F)n1. The largest absolute Gasteiger partial charge is 0.487 e. The molecule has 1 aliphatic heterocycles. The Bertz CT molecular complexity index is 947. The second kappa shape index (κ2) is 6.92. The first-order valence-corrected chi connectivity index (χ1v) is 8.31. The summed E-state index contributed by atoms with van der Waals surface area (Å²) in [5.41, 5.74) is 2.21. The average Bonchev–Trinajstić information content (AvgIpc) is 2.68. The van der Waals surface area contributed by atoms with E-state index in [1.54, 1.807) is 18.3 Å². The molecule has 3 heterocycles. The molecule has 130 valence electrons. The molecule has 0 unspecified atom stereocenters. The van der Waals surface area contributed by atoms with Gasteiger partial charge in [-0.05, 0) is 23.8 Å². The van der Waals surface area contributed by atoms with Gasteiger partial charge in [-0.3, -0.25) is 14.7 Å². The molecular formula is C20H16FN3O2. The summed E-state index contributed by atoms with van der Waals surface area (Å²) in [6.45, 7) is 0.810. The smallest absolute Gasteiger partial charge is 0.261 e. The number of carbonyl (C=O) groups excluding carboxylic acids is 1. The van der Waals surface area contributed by atoms with E-state index >= 15 is 0 Å². The van der Waals surface area contributed by atoms with Crippen LogP contribution in [0.4, 0.5) is 10.2 Å². The fourth-order valence-corrected chi connectivity index (χ4v) is 2.91. The van der Waals surface area contributed by atoms with Gasteiger partial charge < -0.3 is 4.74 Å². The average molecular weight is 349 g/mol. The molecule has 3 aromatic rings. The summed E-state index contributed by atoms with van der Waals surface area (Å²) in [5.74, 6) is -0.0348. The number of hydrogen-bond donors (Lipinski definition) is 0. The highest BCUT2D eigenvalue weighted by Crippen LogP contribution is 2.25. The van der Waals surface area contributed by atoms with Crippen molar-refractivity contribution in [2.24, 2.45) is 0 Å². The van der Waals surface area contributed by atoms with Gasteiger partial charge in [-0.2, -0.15) is 4.39 Å². The van der Waals surface area contributed by atoms with E-state index in [2.05, 4.69) is 9.97 Å². The Morgan fingerprint density at radius 2 is 1.96 bits per heavy atom. The molecule has 0 radical (unpaired) electrons. The molecule has 26 heavy (non-hydrogen) atoms. The predicted octanol–water partition coefficient (Wildman–Crippen LogP) is 3.40. The van der Waals surface area contributed by atoms with Gasteiger partial charge in [0.2, 0.25) is 5.95 Å². The van der Waals surface area contributed by atoms with Crippen LogP contribution in [0.25, 0.3) is 0 Å². The lowest BCUT2D eigenvalue weighted by Gasteiger charge is -2.27. The summed E-state index contributed by atoms with van der Waals surface area (Å²) in [6.07, 6.45) is 2.21. The maximum absolute atomic E-state index is 13.4. The van der Waals surface area contributed by atoms with Crippen molar-refractivity contribution in [2.45, 2.75) is 13.0 Å². The van der Waals surface area contributed by atoms with E-state index in [4.69, 9.17) is 4.74 Å². The van der Waals surface area contributed by atoms with Gasteiger partial charge in [-0.25, -0.2) is 4.98 Å². The van der Waals surface area contributed by atoms with Crippen molar-refractivity contribution in [2.75, 3.05) is 11.4 Å². The van der Waals surface area contributed by atoms with Gasteiger partial charge in [-0.15, -0.1) is 0 Å². The van der Waals surface area contributed by atoms with Crippen LogP contribution >= 0.6 is 0 Å². The lowest BCUT2D eigenvalue weighted by Crippen LogP contribution is -2.38. The Morgan fingerprint density at radius 3 is 2.77 bits per heavy atom. The molecule has 0 saturated heterocycles. The van der Waals surface area contributed by atoms with Crippen molar-refractivity contribution >= 4 is 11.7 Å². The van der Waals surface area contributed by atoms with Gasteiger partial charge in [0.1, 0.15) is 18.2 Å². The van der Waals surface area contributed by atoms with Crippen LogP contribution in [0.1, 0.15) is 21.6 Å². The van der Waals surface area contributed by atoms with Crippen LogP contribution in [0, 0.1) is 5.95 Å². The topological polar surface area (TPSA) is 55.3 Å². The molecule has 1 aromatic carbocycles. The number of aromatic nitrogens is 2. The first kappa shape index (κ1) is 16.2. The van der Waals surface area contributed by atoms with Crippen molar-refractivity contribution < 1.29 is 13.9 Å². The normalized spacial score (nSPS) is 13.4. The Balaban J connectivity index is 1.56. The number of amides is 1. The number of halogens is 1. The minimum absolute atomic E-state index is 0.248. The molecule has 0 fully saturated rings. The molecule has 2 aromatic heterocycles. The number of rotatable bonds is 4. The van der Waals surface area contributed by atoms with Crippen LogP contribution < -0.4 is 9.64 Å². The van der Waals surface area contributed by atoms with Crippen molar-refractivity contribution in [3.05, 3.63) is 83.6 Å². The van der Waals surface area contributed by atoms with Gasteiger partial charge in [0.15, 0.2) is 0 Å². The fourth-order valence-electron chi connectivity index (χ4n) is 2.91. The van der Waals surface area contributed by atoms with E-state index in [0.29, 0.717) is 36.7 Å². The highest BCUT2D eigenvalue weighted by Gasteiger charge is 2.28. The van der Waals surface area contributed by atoms with Crippen molar-refractivity contribution in [1.82, 2.24) is 9.97 Å². The number of anilines is 1. The third-order valence-corrected chi connectivity index (χ3v) is 4.22. The Morgan fingerprint density at radius 1 is 1.12 bits per heavy atom. The maximum Gasteiger partial charge on any atom is 0.261 e. The Kier molecular flexibility index (Phi) is 4.31. The summed E-state index contributed by atoms with van der Waals surface area (Å²) in [7, 11) is 0. The van der Waals surface area contributed by atoms with Crippen molar-refractivity contribution in [1.29, 1.82) is 0 Å². The molecule has 1 amide bonds.